The SMILES string of the molecule is C[CH-]C.[Mn+][Br]. The first-order chi connectivity index (χ1) is 2.41. The summed E-state index contributed by atoms with van der Waals surface area (Å²) in [6, 6.07) is 0. The summed E-state index contributed by atoms with van der Waals surface area (Å²) in [6.07, 6.45) is 2.00. The zero-order valence-electron chi connectivity index (χ0n) is 3.33. The van der Waals surface area contributed by atoms with Crippen LogP contribution in [0.5, 0.6) is 0 Å². The van der Waals surface area contributed by atoms with E-state index in [1.165, 1.54) is 0 Å². The van der Waals surface area contributed by atoms with Gasteiger partial charge in [-0.3, -0.25) is 0 Å². The molecule has 0 saturated heterocycles. The van der Waals surface area contributed by atoms with Crippen molar-refractivity contribution in [3.05, 3.63) is 6.42 Å². The molecule has 0 aliphatic heterocycles. The zero-order chi connectivity index (χ0) is 4.71. The molecule has 0 bridgehead atoms. The molecule has 0 aromatic rings. The second-order valence-electron chi connectivity index (χ2n) is 0.577. The molecule has 0 saturated carbocycles. The number of rotatable bonds is 0. The van der Waals surface area contributed by atoms with Crippen LogP contribution in [0.15, 0.2) is 0 Å². The first-order valence-electron chi connectivity index (χ1n) is 1.30. The van der Waals surface area contributed by atoms with Crippen molar-refractivity contribution in [2.45, 2.75) is 13.8 Å². The molecular formula is C3H7BrMn. The Morgan fingerprint density at radius 2 is 1.40 bits per heavy atom. The quantitative estimate of drug-likeness (QED) is 0.393. The molecule has 5 heavy (non-hydrogen) atoms. The summed E-state index contributed by atoms with van der Waals surface area (Å²) in [4.78, 5) is 0. The van der Waals surface area contributed by atoms with E-state index < -0.39 is 0 Å². The van der Waals surface area contributed by atoms with E-state index in [4.69, 9.17) is 0 Å². The van der Waals surface area contributed by atoms with Crippen molar-refractivity contribution in [3.63, 3.8) is 0 Å². The Balaban J connectivity index is 0. The van der Waals surface area contributed by atoms with Gasteiger partial charge in [0.2, 0.25) is 0 Å². The van der Waals surface area contributed by atoms with E-state index in [0.717, 1.165) is 0 Å². The summed E-state index contributed by atoms with van der Waals surface area (Å²) in [5.74, 6) is 0. The Morgan fingerprint density at radius 3 is 1.40 bits per heavy atom. The minimum absolute atomic E-state index is 2.00. The van der Waals surface area contributed by atoms with Crippen LogP contribution in [0.25, 0.3) is 0 Å². The molecule has 0 atom stereocenters. The number of hydrogen-bond donors (Lipinski definition) is 0. The van der Waals surface area contributed by atoms with Gasteiger partial charge in [-0.05, 0) is 0 Å². The maximum atomic E-state index is 2.75. The van der Waals surface area contributed by atoms with Crippen LogP contribution in [0, 0.1) is 6.42 Å². The van der Waals surface area contributed by atoms with Crippen molar-refractivity contribution in [3.8, 4) is 0 Å². The minimum atomic E-state index is 2.00. The first kappa shape index (κ1) is 9.37. The summed E-state index contributed by atoms with van der Waals surface area (Å²) in [5.41, 5.74) is 0. The molecular weight excluding hydrogens is 171 g/mol. The van der Waals surface area contributed by atoms with Crippen LogP contribution in [-0.4, -0.2) is 0 Å². The Labute approximate surface area is 48.8 Å². The average Bonchev–Trinajstić information content (AvgIpc) is 1.46. The second kappa shape index (κ2) is 20.0. The molecule has 0 nitrogen and oxygen atoms in total. The Hall–Kier alpha value is 0.999. The third kappa shape index (κ3) is 45.0. The maximum absolute atomic E-state index is 2.75. The fourth-order valence-electron chi connectivity index (χ4n) is 0. The monoisotopic (exact) mass is 177 g/mol. The first-order valence-corrected chi connectivity index (χ1v) is 4.22. The number of halogens is 1. The van der Waals surface area contributed by atoms with E-state index in [9.17, 15) is 0 Å². The van der Waals surface area contributed by atoms with Crippen molar-refractivity contribution in [1.82, 2.24) is 0 Å². The van der Waals surface area contributed by atoms with Gasteiger partial charge < -0.3 is 6.42 Å². The van der Waals surface area contributed by atoms with E-state index in [-0.39, 0.29) is 0 Å². The van der Waals surface area contributed by atoms with Crippen molar-refractivity contribution in [2.24, 2.45) is 0 Å². The molecule has 0 rings (SSSR count). The summed E-state index contributed by atoms with van der Waals surface area (Å²) < 4.78 is 0. The summed E-state index contributed by atoms with van der Waals surface area (Å²) in [7, 11) is 0. The van der Waals surface area contributed by atoms with Crippen LogP contribution in [0.4, 0.5) is 0 Å². The van der Waals surface area contributed by atoms with Crippen LogP contribution in [0.3, 0.4) is 0 Å². The van der Waals surface area contributed by atoms with Gasteiger partial charge in [-0.25, -0.2) is 0 Å². The zero-order valence-corrected chi connectivity index (χ0v) is 6.10. The van der Waals surface area contributed by atoms with E-state index in [0.29, 0.717) is 0 Å². The van der Waals surface area contributed by atoms with Gasteiger partial charge in [0, 0.05) is 0 Å². The van der Waals surface area contributed by atoms with E-state index in [1.54, 1.807) is 0 Å². The molecule has 0 heterocycles. The standard InChI is InChI=1S/C3H7.BrH.Mn/c1-3-2;;/h3H,1-2H3;1H;/q-1;;+2/p-1. The van der Waals surface area contributed by atoms with Crippen LogP contribution in [-0.2, 0) is 14.2 Å². The van der Waals surface area contributed by atoms with E-state index >= 15 is 0 Å². The van der Waals surface area contributed by atoms with Gasteiger partial charge in [0.1, 0.15) is 0 Å². The molecule has 0 aromatic carbocycles. The predicted octanol–water partition coefficient (Wildman–Crippen LogP) is 2.07. The third-order valence-corrected chi connectivity index (χ3v) is 0. The predicted molar refractivity (Wildman–Crippen MR) is 24.6 cm³/mol. The fraction of sp³-hybridized carbons (Fsp3) is 0.667. The van der Waals surface area contributed by atoms with Crippen LogP contribution in [0.2, 0.25) is 0 Å². The summed E-state index contributed by atoms with van der Waals surface area (Å²) in [5, 5.41) is 0. The van der Waals surface area contributed by atoms with E-state index in [1.807, 2.05) is 20.3 Å². The average molecular weight is 178 g/mol. The van der Waals surface area contributed by atoms with Crippen LogP contribution >= 0.6 is 14.1 Å². The molecule has 0 unspecified atom stereocenters. The van der Waals surface area contributed by atoms with Gasteiger partial charge in [0.25, 0.3) is 0 Å². The topological polar surface area (TPSA) is 0 Å². The molecule has 0 fully saturated rings. The molecule has 33 valence electrons. The summed E-state index contributed by atoms with van der Waals surface area (Å²) in [6.45, 7) is 4.00. The molecule has 0 amide bonds. The Bertz CT molecular complexity index is 6.85. The third-order valence-electron chi connectivity index (χ3n) is 0. The Morgan fingerprint density at radius 1 is 1.40 bits per heavy atom. The van der Waals surface area contributed by atoms with Crippen molar-refractivity contribution in [1.29, 1.82) is 0 Å². The van der Waals surface area contributed by atoms with Gasteiger partial charge >= 0.3 is 28.3 Å². The van der Waals surface area contributed by atoms with Crippen molar-refractivity contribution < 1.29 is 14.2 Å². The number of hydrogen-bond acceptors (Lipinski definition) is 0. The van der Waals surface area contributed by atoms with Crippen LogP contribution < -0.4 is 0 Å². The van der Waals surface area contributed by atoms with Gasteiger partial charge in [0.05, 0.1) is 0 Å². The van der Waals surface area contributed by atoms with Crippen LogP contribution in [0.1, 0.15) is 13.8 Å². The molecule has 0 spiro atoms. The second-order valence-corrected chi connectivity index (χ2v) is 0.577. The van der Waals surface area contributed by atoms with Crippen molar-refractivity contribution >= 4 is 14.1 Å². The van der Waals surface area contributed by atoms with Gasteiger partial charge in [0.15, 0.2) is 0 Å². The molecule has 0 N–H and O–H groups in total. The van der Waals surface area contributed by atoms with Gasteiger partial charge in [-0.2, -0.15) is 13.8 Å². The van der Waals surface area contributed by atoms with Crippen molar-refractivity contribution in [2.75, 3.05) is 0 Å². The molecule has 0 radical (unpaired) electrons. The normalized spacial score (nSPS) is 4.60. The molecule has 0 aliphatic rings. The van der Waals surface area contributed by atoms with Gasteiger partial charge in [-0.1, -0.05) is 0 Å². The molecule has 2 heteroatoms. The Kier molecular flexibility index (Phi) is 37.5. The fourth-order valence-corrected chi connectivity index (χ4v) is 0. The molecule has 0 aromatic heterocycles. The van der Waals surface area contributed by atoms with E-state index in [2.05, 4.69) is 28.3 Å². The van der Waals surface area contributed by atoms with Gasteiger partial charge in [-0.15, -0.1) is 0 Å². The molecule has 0 aliphatic carbocycles. The summed E-state index contributed by atoms with van der Waals surface area (Å²) >= 11 is 5.50.